The molecule has 2 heterocycles. The monoisotopic (exact) mass is 205 g/mol. The molecule has 68 valence electrons. The summed E-state index contributed by atoms with van der Waals surface area (Å²) < 4.78 is 5.35. The van der Waals surface area contributed by atoms with E-state index < -0.39 is 0 Å². The molecular weight excluding hydrogens is 194 g/mol. The molecule has 1 aromatic heterocycles. The van der Waals surface area contributed by atoms with Crippen LogP contribution in [-0.4, -0.2) is 19.8 Å². The van der Waals surface area contributed by atoms with Crippen molar-refractivity contribution in [3.05, 3.63) is 22.4 Å². The quantitative estimate of drug-likeness (QED) is 0.756. The summed E-state index contributed by atoms with van der Waals surface area (Å²) in [4.78, 5) is 1.38. The number of rotatable bonds is 1. The van der Waals surface area contributed by atoms with E-state index in [0.717, 1.165) is 19.8 Å². The normalized spacial score (nSPS) is 23.2. The third-order valence-corrected chi connectivity index (χ3v) is 2.79. The molecule has 0 spiro atoms. The Morgan fingerprint density at radius 3 is 3.08 bits per heavy atom. The van der Waals surface area contributed by atoms with E-state index in [4.69, 9.17) is 4.74 Å². The minimum Gasteiger partial charge on any atom is -0.378 e. The van der Waals surface area contributed by atoms with Gasteiger partial charge in [-0.15, -0.1) is 23.7 Å². The summed E-state index contributed by atoms with van der Waals surface area (Å²) in [5.41, 5.74) is 0. The molecule has 2 rings (SSSR count). The van der Waals surface area contributed by atoms with Gasteiger partial charge in [-0.2, -0.15) is 0 Å². The highest BCUT2D eigenvalue weighted by molar-refractivity contribution is 7.10. The smallest absolute Gasteiger partial charge is 0.0670 e. The summed E-state index contributed by atoms with van der Waals surface area (Å²) in [7, 11) is 0. The average Bonchev–Trinajstić information content (AvgIpc) is 2.58. The van der Waals surface area contributed by atoms with Gasteiger partial charge >= 0.3 is 0 Å². The largest absolute Gasteiger partial charge is 0.378 e. The first kappa shape index (κ1) is 9.99. The third kappa shape index (κ3) is 2.20. The molecule has 1 aliphatic rings. The molecule has 12 heavy (non-hydrogen) atoms. The van der Waals surface area contributed by atoms with E-state index in [9.17, 15) is 0 Å². The number of thiophene rings is 1. The van der Waals surface area contributed by atoms with E-state index in [0.29, 0.717) is 6.04 Å². The van der Waals surface area contributed by atoms with Crippen LogP contribution in [0.3, 0.4) is 0 Å². The van der Waals surface area contributed by atoms with E-state index in [1.54, 1.807) is 11.3 Å². The zero-order chi connectivity index (χ0) is 7.52. The molecular formula is C8H12ClNOS. The second-order valence-corrected chi connectivity index (χ2v) is 3.58. The molecule has 0 bridgehead atoms. The van der Waals surface area contributed by atoms with Crippen molar-refractivity contribution in [1.82, 2.24) is 5.32 Å². The van der Waals surface area contributed by atoms with Gasteiger partial charge in [0.05, 0.1) is 19.3 Å². The molecule has 0 saturated carbocycles. The zero-order valence-corrected chi connectivity index (χ0v) is 8.29. The van der Waals surface area contributed by atoms with Crippen LogP contribution in [0.1, 0.15) is 10.9 Å². The highest BCUT2D eigenvalue weighted by Gasteiger charge is 2.14. The second kappa shape index (κ2) is 4.82. The summed E-state index contributed by atoms with van der Waals surface area (Å²) in [5.74, 6) is 0. The number of hydrogen-bond acceptors (Lipinski definition) is 3. The lowest BCUT2D eigenvalue weighted by Gasteiger charge is -2.22. The van der Waals surface area contributed by atoms with Crippen molar-refractivity contribution in [3.63, 3.8) is 0 Å². The third-order valence-electron chi connectivity index (χ3n) is 1.81. The number of halogens is 1. The van der Waals surface area contributed by atoms with Gasteiger partial charge in [0, 0.05) is 11.4 Å². The van der Waals surface area contributed by atoms with E-state index >= 15 is 0 Å². The summed E-state index contributed by atoms with van der Waals surface area (Å²) in [5, 5.41) is 5.51. The van der Waals surface area contributed by atoms with Gasteiger partial charge in [0.25, 0.3) is 0 Å². The van der Waals surface area contributed by atoms with E-state index in [1.807, 2.05) is 0 Å². The van der Waals surface area contributed by atoms with Crippen LogP contribution in [0.25, 0.3) is 0 Å². The lowest BCUT2D eigenvalue weighted by atomic mass is 10.2. The molecule has 0 radical (unpaired) electrons. The second-order valence-electron chi connectivity index (χ2n) is 2.60. The zero-order valence-electron chi connectivity index (χ0n) is 6.66. The van der Waals surface area contributed by atoms with Crippen molar-refractivity contribution < 1.29 is 4.74 Å². The standard InChI is InChI=1S/C8H11NOS.ClH/c1-2-8(11-5-1)7-6-10-4-3-9-7;/h1-2,5,7,9H,3-4,6H2;1H/t7-;/m0./s1. The van der Waals surface area contributed by atoms with Crippen LogP contribution >= 0.6 is 23.7 Å². The van der Waals surface area contributed by atoms with Crippen LogP contribution in [0.4, 0.5) is 0 Å². The summed E-state index contributed by atoms with van der Waals surface area (Å²) >= 11 is 1.79. The molecule has 1 aliphatic heterocycles. The van der Waals surface area contributed by atoms with Gasteiger partial charge in [-0.25, -0.2) is 0 Å². The molecule has 2 nitrogen and oxygen atoms in total. The molecule has 1 fully saturated rings. The highest BCUT2D eigenvalue weighted by Crippen LogP contribution is 2.20. The van der Waals surface area contributed by atoms with Crippen molar-refractivity contribution in [2.24, 2.45) is 0 Å². The maximum atomic E-state index is 5.35. The molecule has 0 aromatic carbocycles. The summed E-state index contributed by atoms with van der Waals surface area (Å²) in [6, 6.07) is 4.66. The SMILES string of the molecule is Cl.c1csc([C@@H]2COCCN2)c1. The van der Waals surface area contributed by atoms with Crippen LogP contribution in [0.15, 0.2) is 17.5 Å². The van der Waals surface area contributed by atoms with Crippen LogP contribution in [-0.2, 0) is 4.74 Å². The summed E-state index contributed by atoms with van der Waals surface area (Å²) in [6.45, 7) is 2.64. The highest BCUT2D eigenvalue weighted by atomic mass is 35.5. The first-order valence-corrected chi connectivity index (χ1v) is 4.69. The van der Waals surface area contributed by atoms with Crippen LogP contribution in [0.2, 0.25) is 0 Å². The van der Waals surface area contributed by atoms with Crippen LogP contribution < -0.4 is 5.32 Å². The maximum absolute atomic E-state index is 5.35. The Kier molecular flexibility index (Phi) is 4.01. The van der Waals surface area contributed by atoms with Gasteiger partial charge < -0.3 is 10.1 Å². The van der Waals surface area contributed by atoms with E-state index in [-0.39, 0.29) is 12.4 Å². The van der Waals surface area contributed by atoms with E-state index in [1.165, 1.54) is 4.88 Å². The predicted octanol–water partition coefficient (Wildman–Crippen LogP) is 1.83. The van der Waals surface area contributed by atoms with Crippen LogP contribution in [0, 0.1) is 0 Å². The molecule has 0 amide bonds. The van der Waals surface area contributed by atoms with Gasteiger partial charge in [0.15, 0.2) is 0 Å². The Labute approximate surface area is 82.3 Å². The number of nitrogens with one attached hydrogen (secondary N) is 1. The first-order chi connectivity index (χ1) is 5.47. The molecule has 1 atom stereocenters. The number of ether oxygens (including phenoxy) is 1. The fourth-order valence-corrected chi connectivity index (χ4v) is 2.02. The van der Waals surface area contributed by atoms with Crippen molar-refractivity contribution >= 4 is 23.7 Å². The fraction of sp³-hybridized carbons (Fsp3) is 0.500. The molecule has 1 aromatic rings. The van der Waals surface area contributed by atoms with Crippen molar-refractivity contribution in [2.75, 3.05) is 19.8 Å². The lowest BCUT2D eigenvalue weighted by molar-refractivity contribution is 0.0779. The number of morpholine rings is 1. The lowest BCUT2D eigenvalue weighted by Crippen LogP contribution is -2.33. The van der Waals surface area contributed by atoms with Gasteiger partial charge in [-0.05, 0) is 11.4 Å². The molecule has 1 N–H and O–H groups in total. The van der Waals surface area contributed by atoms with E-state index in [2.05, 4.69) is 22.8 Å². The van der Waals surface area contributed by atoms with Gasteiger partial charge in [0.2, 0.25) is 0 Å². The number of hydrogen-bond donors (Lipinski definition) is 1. The molecule has 4 heteroatoms. The Hall–Kier alpha value is -0.0900. The summed E-state index contributed by atoms with van der Waals surface area (Å²) in [6.07, 6.45) is 0. The molecule has 0 aliphatic carbocycles. The van der Waals surface area contributed by atoms with Crippen molar-refractivity contribution in [2.45, 2.75) is 6.04 Å². The Balaban J connectivity index is 0.000000720. The predicted molar refractivity (Wildman–Crippen MR) is 53.1 cm³/mol. The minimum atomic E-state index is 0. The molecule has 0 unspecified atom stereocenters. The Morgan fingerprint density at radius 1 is 1.58 bits per heavy atom. The van der Waals surface area contributed by atoms with Gasteiger partial charge in [0.1, 0.15) is 0 Å². The Morgan fingerprint density at radius 2 is 2.50 bits per heavy atom. The van der Waals surface area contributed by atoms with Crippen molar-refractivity contribution in [1.29, 1.82) is 0 Å². The minimum absolute atomic E-state index is 0. The topological polar surface area (TPSA) is 21.3 Å². The van der Waals surface area contributed by atoms with Gasteiger partial charge in [-0.1, -0.05) is 6.07 Å². The Bertz CT molecular complexity index is 209. The first-order valence-electron chi connectivity index (χ1n) is 3.81. The molecule has 1 saturated heterocycles. The fourth-order valence-electron chi connectivity index (χ4n) is 1.24. The van der Waals surface area contributed by atoms with Gasteiger partial charge in [-0.3, -0.25) is 0 Å². The maximum Gasteiger partial charge on any atom is 0.0670 e. The average molecular weight is 206 g/mol. The van der Waals surface area contributed by atoms with Crippen molar-refractivity contribution in [3.8, 4) is 0 Å². The van der Waals surface area contributed by atoms with Crippen LogP contribution in [0.5, 0.6) is 0 Å².